The molecule has 0 unspecified atom stereocenters. The molecule has 1 aliphatic rings. The zero-order valence-corrected chi connectivity index (χ0v) is 25.3. The topological polar surface area (TPSA) is 36.9 Å². The van der Waals surface area contributed by atoms with Crippen LogP contribution < -0.4 is 0 Å². The Morgan fingerprint density at radius 3 is 2.15 bits per heavy atom. The zero-order valence-electron chi connectivity index (χ0n) is 23.3. The lowest BCUT2D eigenvalue weighted by atomic mass is 9.97. The van der Waals surface area contributed by atoms with Crippen LogP contribution in [-0.4, -0.2) is 42.1 Å². The molecule has 0 saturated carbocycles. The summed E-state index contributed by atoms with van der Waals surface area (Å²) in [5.74, 6) is 1.32. The van der Waals surface area contributed by atoms with Crippen LogP contribution in [0.2, 0.25) is 36.3 Å². The van der Waals surface area contributed by atoms with E-state index >= 15 is 0 Å². The van der Waals surface area contributed by atoms with Crippen molar-refractivity contribution in [2.24, 2.45) is 5.92 Å². The summed E-state index contributed by atoms with van der Waals surface area (Å²) in [7, 11) is -3.62. The quantitative estimate of drug-likeness (QED) is 0.201. The Balaban J connectivity index is 2.10. The number of hydrogen-bond acceptors (Lipinski definition) is 4. The van der Waals surface area contributed by atoms with E-state index in [2.05, 4.69) is 91.9 Å². The minimum Gasteiger partial charge on any atom is -0.546 e. The number of benzene rings is 1. The highest BCUT2D eigenvalue weighted by Crippen LogP contribution is 2.38. The summed E-state index contributed by atoms with van der Waals surface area (Å²) in [4.78, 5) is 0. The van der Waals surface area contributed by atoms with Crippen molar-refractivity contribution in [1.82, 2.24) is 0 Å². The first kappa shape index (κ1) is 29.3. The predicted molar refractivity (Wildman–Crippen MR) is 148 cm³/mol. The molecule has 194 valence electrons. The summed E-state index contributed by atoms with van der Waals surface area (Å²) in [6.45, 7) is 22.5. The highest BCUT2D eigenvalue weighted by atomic mass is 28.4. The van der Waals surface area contributed by atoms with Crippen molar-refractivity contribution in [1.29, 1.82) is 0 Å². The average molecular weight is 507 g/mol. The molecule has 0 amide bonds. The first-order chi connectivity index (χ1) is 16.0. The second-order valence-electron chi connectivity index (χ2n) is 11.3. The normalized spacial score (nSPS) is 21.9. The molecule has 1 heterocycles. The summed E-state index contributed by atoms with van der Waals surface area (Å²) in [5.41, 5.74) is 1.20. The van der Waals surface area contributed by atoms with Crippen LogP contribution in [0.25, 0.3) is 0 Å². The lowest BCUT2D eigenvalue weighted by Gasteiger charge is -2.42. The molecular weight excluding hydrogens is 456 g/mol. The maximum Gasteiger partial charge on any atom is 0.250 e. The summed E-state index contributed by atoms with van der Waals surface area (Å²) < 4.78 is 26.1. The van der Waals surface area contributed by atoms with E-state index < -0.39 is 16.6 Å². The fourth-order valence-corrected chi connectivity index (χ4v) is 7.75. The van der Waals surface area contributed by atoms with Gasteiger partial charge in [0.05, 0.1) is 31.2 Å². The van der Waals surface area contributed by atoms with Gasteiger partial charge < -0.3 is 18.3 Å². The van der Waals surface area contributed by atoms with E-state index in [4.69, 9.17) is 18.3 Å². The van der Waals surface area contributed by atoms with E-state index in [1.54, 1.807) is 0 Å². The standard InChI is InChI=1S/C28H50O4Si2/c1-10-34(11-2,12-3)32-26-20-25(18-19-29-21-24-16-14-13-15-17-24)31-27(23(26)4)22-30-33(8,9)28(5,6)7/h13-17,20,23,25,27H,10-12,18-19,21-22H2,1-9H3/t23-,25+,27-/m1/s1. The van der Waals surface area contributed by atoms with E-state index in [-0.39, 0.29) is 23.2 Å². The van der Waals surface area contributed by atoms with Crippen molar-refractivity contribution < 1.29 is 18.3 Å². The van der Waals surface area contributed by atoms with Crippen LogP contribution in [0.4, 0.5) is 0 Å². The van der Waals surface area contributed by atoms with Crippen molar-refractivity contribution >= 4 is 16.6 Å². The fourth-order valence-electron chi connectivity index (χ4n) is 4.05. The van der Waals surface area contributed by atoms with Crippen LogP contribution in [0.1, 0.15) is 60.5 Å². The second kappa shape index (κ2) is 12.9. The van der Waals surface area contributed by atoms with Crippen molar-refractivity contribution in [3.63, 3.8) is 0 Å². The third-order valence-electron chi connectivity index (χ3n) is 8.05. The molecule has 0 radical (unpaired) electrons. The Bertz CT molecular complexity index is 745. The summed E-state index contributed by atoms with van der Waals surface area (Å²) in [6, 6.07) is 13.8. The molecule has 1 aromatic carbocycles. The van der Waals surface area contributed by atoms with Gasteiger partial charge in [-0.25, -0.2) is 0 Å². The highest BCUT2D eigenvalue weighted by molar-refractivity contribution is 6.74. The van der Waals surface area contributed by atoms with Gasteiger partial charge in [0.1, 0.15) is 0 Å². The van der Waals surface area contributed by atoms with E-state index in [0.29, 0.717) is 19.8 Å². The molecule has 0 aromatic heterocycles. The third-order valence-corrected chi connectivity index (χ3v) is 17.1. The lowest BCUT2D eigenvalue weighted by Crippen LogP contribution is -2.47. The minimum atomic E-state index is -1.85. The first-order valence-corrected chi connectivity index (χ1v) is 18.7. The second-order valence-corrected chi connectivity index (χ2v) is 20.8. The monoisotopic (exact) mass is 506 g/mol. The van der Waals surface area contributed by atoms with Gasteiger partial charge in [-0.2, -0.15) is 0 Å². The molecule has 34 heavy (non-hydrogen) atoms. The third kappa shape index (κ3) is 8.05. The van der Waals surface area contributed by atoms with Gasteiger partial charge in [0.25, 0.3) is 0 Å². The molecule has 0 bridgehead atoms. The zero-order chi connectivity index (χ0) is 25.4. The van der Waals surface area contributed by atoms with Gasteiger partial charge in [-0.1, -0.05) is 78.8 Å². The number of rotatable bonds is 13. The number of hydrogen-bond donors (Lipinski definition) is 0. The van der Waals surface area contributed by atoms with Crippen LogP contribution in [0.3, 0.4) is 0 Å². The molecule has 0 fully saturated rings. The average Bonchev–Trinajstić information content (AvgIpc) is 2.81. The van der Waals surface area contributed by atoms with Gasteiger partial charge in [0.15, 0.2) is 8.32 Å². The Kier molecular flexibility index (Phi) is 11.1. The Hall–Kier alpha value is -0.926. The minimum absolute atomic E-state index is 0.00511. The van der Waals surface area contributed by atoms with Crippen LogP contribution in [0.5, 0.6) is 0 Å². The van der Waals surface area contributed by atoms with E-state index in [9.17, 15) is 0 Å². The van der Waals surface area contributed by atoms with E-state index in [1.807, 2.05) is 6.07 Å². The molecule has 1 aromatic rings. The first-order valence-electron chi connectivity index (χ1n) is 13.3. The Labute approximate surface area is 211 Å². The van der Waals surface area contributed by atoms with Crippen molar-refractivity contribution in [3.8, 4) is 0 Å². The van der Waals surface area contributed by atoms with Gasteiger partial charge in [-0.05, 0) is 47.9 Å². The summed E-state index contributed by atoms with van der Waals surface area (Å²) in [5, 5.41) is 0.180. The molecule has 6 heteroatoms. The fraction of sp³-hybridized carbons (Fsp3) is 0.714. The molecule has 1 aliphatic heterocycles. The van der Waals surface area contributed by atoms with Crippen molar-refractivity contribution in [2.75, 3.05) is 13.2 Å². The van der Waals surface area contributed by atoms with Crippen molar-refractivity contribution in [2.45, 2.75) is 110 Å². The van der Waals surface area contributed by atoms with Crippen molar-refractivity contribution in [3.05, 3.63) is 47.7 Å². The number of ether oxygens (including phenoxy) is 2. The molecule has 0 spiro atoms. The summed E-state index contributed by atoms with van der Waals surface area (Å²) >= 11 is 0. The van der Waals surface area contributed by atoms with Crippen LogP contribution in [-0.2, 0) is 24.9 Å². The molecule has 0 aliphatic carbocycles. The van der Waals surface area contributed by atoms with Gasteiger partial charge >= 0.3 is 0 Å². The Morgan fingerprint density at radius 1 is 0.971 bits per heavy atom. The largest absolute Gasteiger partial charge is 0.546 e. The molecule has 2 rings (SSSR count). The molecule has 0 saturated heterocycles. The van der Waals surface area contributed by atoms with Gasteiger partial charge in [0, 0.05) is 18.9 Å². The molecular formula is C28H50O4Si2. The van der Waals surface area contributed by atoms with Crippen LogP contribution in [0.15, 0.2) is 42.2 Å². The van der Waals surface area contributed by atoms with Crippen LogP contribution in [0, 0.1) is 5.92 Å². The summed E-state index contributed by atoms with van der Waals surface area (Å²) in [6.07, 6.45) is 3.06. The molecule has 4 nitrogen and oxygen atoms in total. The smallest absolute Gasteiger partial charge is 0.250 e. The van der Waals surface area contributed by atoms with E-state index in [1.165, 1.54) is 5.56 Å². The van der Waals surface area contributed by atoms with Gasteiger partial charge in [0.2, 0.25) is 8.32 Å². The maximum absolute atomic E-state index is 6.91. The lowest BCUT2D eigenvalue weighted by molar-refractivity contribution is -0.0671. The highest BCUT2D eigenvalue weighted by Gasteiger charge is 2.41. The predicted octanol–water partition coefficient (Wildman–Crippen LogP) is 7.92. The molecule has 0 N–H and O–H groups in total. The van der Waals surface area contributed by atoms with Gasteiger partial charge in [-0.15, -0.1) is 0 Å². The SMILES string of the molecule is CC[Si](CC)(CC)OC1=C[C@H](CCOCc2ccccc2)O[C@H](CO[Si](C)(C)C(C)(C)C)[C@@H]1C. The van der Waals surface area contributed by atoms with E-state index in [0.717, 1.165) is 30.3 Å². The maximum atomic E-state index is 6.91. The van der Waals surface area contributed by atoms with Crippen LogP contribution >= 0.6 is 0 Å². The van der Waals surface area contributed by atoms with Gasteiger partial charge in [-0.3, -0.25) is 0 Å². The Morgan fingerprint density at radius 2 is 1.59 bits per heavy atom. The molecule has 3 atom stereocenters.